The highest BCUT2D eigenvalue weighted by Crippen LogP contribution is 2.21. The molecule has 5 nitrogen and oxygen atoms in total. The Labute approximate surface area is 143 Å². The number of likely N-dealkylation sites (tertiary alicyclic amines) is 1. The van der Waals surface area contributed by atoms with E-state index in [0.717, 1.165) is 49.8 Å². The molecule has 0 spiro atoms. The Morgan fingerprint density at radius 3 is 2.54 bits per heavy atom. The number of rotatable bonds is 5. The first-order valence-corrected chi connectivity index (χ1v) is 8.88. The van der Waals surface area contributed by atoms with Crippen LogP contribution in [-0.2, 0) is 4.79 Å². The van der Waals surface area contributed by atoms with E-state index in [1.165, 1.54) is 0 Å². The SMILES string of the molecule is CCC(CC)C(=O)N1CCC(Oc2cnc3ccccc3n2)CC1. The van der Waals surface area contributed by atoms with E-state index in [1.54, 1.807) is 6.20 Å². The van der Waals surface area contributed by atoms with Crippen molar-refractivity contribution in [3.05, 3.63) is 30.5 Å². The molecule has 0 N–H and O–H groups in total. The van der Waals surface area contributed by atoms with Crippen LogP contribution in [0.15, 0.2) is 30.5 Å². The monoisotopic (exact) mass is 327 g/mol. The first-order valence-electron chi connectivity index (χ1n) is 8.88. The number of piperidine rings is 1. The van der Waals surface area contributed by atoms with Gasteiger partial charge in [-0.25, -0.2) is 9.97 Å². The third-order valence-corrected chi connectivity index (χ3v) is 4.80. The second-order valence-electron chi connectivity index (χ2n) is 6.35. The van der Waals surface area contributed by atoms with Gasteiger partial charge in [-0.15, -0.1) is 0 Å². The Balaban J connectivity index is 1.57. The van der Waals surface area contributed by atoms with Gasteiger partial charge in [0.15, 0.2) is 0 Å². The van der Waals surface area contributed by atoms with Crippen molar-refractivity contribution in [1.82, 2.24) is 14.9 Å². The molecule has 0 atom stereocenters. The van der Waals surface area contributed by atoms with Crippen molar-refractivity contribution in [2.45, 2.75) is 45.6 Å². The second kappa shape index (κ2) is 7.60. The normalized spacial score (nSPS) is 15.9. The Bertz CT molecular complexity index is 692. The molecule has 24 heavy (non-hydrogen) atoms. The molecular weight excluding hydrogens is 302 g/mol. The zero-order chi connectivity index (χ0) is 16.9. The molecule has 2 aromatic rings. The third kappa shape index (κ3) is 3.66. The number of aromatic nitrogens is 2. The van der Waals surface area contributed by atoms with Crippen molar-refractivity contribution >= 4 is 16.9 Å². The average molecular weight is 327 g/mol. The number of nitrogens with zero attached hydrogens (tertiary/aromatic N) is 3. The summed E-state index contributed by atoms with van der Waals surface area (Å²) < 4.78 is 5.99. The number of carbonyl (C=O) groups is 1. The van der Waals surface area contributed by atoms with Crippen molar-refractivity contribution < 1.29 is 9.53 Å². The molecule has 1 fully saturated rings. The van der Waals surface area contributed by atoms with E-state index in [4.69, 9.17) is 4.74 Å². The summed E-state index contributed by atoms with van der Waals surface area (Å²) in [7, 11) is 0. The summed E-state index contributed by atoms with van der Waals surface area (Å²) in [5.74, 6) is 1.02. The second-order valence-corrected chi connectivity index (χ2v) is 6.35. The number of ether oxygens (including phenoxy) is 1. The maximum absolute atomic E-state index is 12.4. The predicted octanol–water partition coefficient (Wildman–Crippen LogP) is 3.44. The van der Waals surface area contributed by atoms with Crippen LogP contribution in [0.3, 0.4) is 0 Å². The molecule has 5 heteroatoms. The number of hydrogen-bond donors (Lipinski definition) is 0. The van der Waals surface area contributed by atoms with Gasteiger partial charge >= 0.3 is 0 Å². The first-order chi connectivity index (χ1) is 11.7. The number of carbonyl (C=O) groups excluding carboxylic acids is 1. The fraction of sp³-hybridized carbons (Fsp3) is 0.526. The van der Waals surface area contributed by atoms with Crippen LogP contribution in [-0.4, -0.2) is 40.0 Å². The number of fused-ring (bicyclic) bond motifs is 1. The lowest BCUT2D eigenvalue weighted by molar-refractivity contribution is -0.137. The number of benzene rings is 1. The molecule has 3 rings (SSSR count). The van der Waals surface area contributed by atoms with Gasteiger partial charge in [0.25, 0.3) is 0 Å². The molecular formula is C19H25N3O2. The predicted molar refractivity (Wildman–Crippen MR) is 93.8 cm³/mol. The van der Waals surface area contributed by atoms with E-state index in [2.05, 4.69) is 23.8 Å². The topological polar surface area (TPSA) is 55.3 Å². The van der Waals surface area contributed by atoms with Crippen molar-refractivity contribution in [2.75, 3.05) is 13.1 Å². The van der Waals surface area contributed by atoms with Crippen molar-refractivity contribution in [3.63, 3.8) is 0 Å². The lowest BCUT2D eigenvalue weighted by atomic mass is 9.99. The minimum Gasteiger partial charge on any atom is -0.473 e. The van der Waals surface area contributed by atoms with Crippen LogP contribution < -0.4 is 4.74 Å². The Kier molecular flexibility index (Phi) is 5.28. The maximum Gasteiger partial charge on any atom is 0.233 e. The number of hydrogen-bond acceptors (Lipinski definition) is 4. The lowest BCUT2D eigenvalue weighted by Gasteiger charge is -2.33. The van der Waals surface area contributed by atoms with E-state index in [9.17, 15) is 4.79 Å². The van der Waals surface area contributed by atoms with Crippen LogP contribution in [0.2, 0.25) is 0 Å². The number of para-hydroxylation sites is 2. The van der Waals surface area contributed by atoms with Gasteiger partial charge in [0.1, 0.15) is 6.10 Å². The summed E-state index contributed by atoms with van der Waals surface area (Å²) in [5, 5.41) is 0. The quantitative estimate of drug-likeness (QED) is 0.844. The minimum absolute atomic E-state index is 0.103. The molecule has 1 aromatic carbocycles. The van der Waals surface area contributed by atoms with Gasteiger partial charge in [-0.3, -0.25) is 4.79 Å². The number of amides is 1. The van der Waals surface area contributed by atoms with Gasteiger partial charge < -0.3 is 9.64 Å². The van der Waals surface area contributed by atoms with Crippen molar-refractivity contribution in [2.24, 2.45) is 5.92 Å². The summed E-state index contributed by atoms with van der Waals surface area (Å²) in [6.07, 6.45) is 5.31. The first kappa shape index (κ1) is 16.7. The van der Waals surface area contributed by atoms with Crippen LogP contribution in [0, 0.1) is 5.92 Å². The molecule has 128 valence electrons. The van der Waals surface area contributed by atoms with Gasteiger partial charge in [-0.05, 0) is 25.0 Å². The van der Waals surface area contributed by atoms with Crippen LogP contribution in [0.4, 0.5) is 0 Å². The van der Waals surface area contributed by atoms with Crippen LogP contribution in [0.1, 0.15) is 39.5 Å². The molecule has 0 aliphatic carbocycles. The average Bonchev–Trinajstić information content (AvgIpc) is 2.63. The Hall–Kier alpha value is -2.17. The highest BCUT2D eigenvalue weighted by molar-refractivity contribution is 5.78. The largest absolute Gasteiger partial charge is 0.473 e. The van der Waals surface area contributed by atoms with E-state index < -0.39 is 0 Å². The standard InChI is InChI=1S/C19H25N3O2/c1-3-14(4-2)19(23)22-11-9-15(10-12-22)24-18-13-20-16-7-5-6-8-17(16)21-18/h5-8,13-15H,3-4,9-12H2,1-2H3. The zero-order valence-corrected chi connectivity index (χ0v) is 14.4. The molecule has 0 bridgehead atoms. The molecule has 0 saturated carbocycles. The Morgan fingerprint density at radius 1 is 1.21 bits per heavy atom. The molecule has 0 unspecified atom stereocenters. The highest BCUT2D eigenvalue weighted by atomic mass is 16.5. The van der Waals surface area contributed by atoms with Gasteiger partial charge in [0.05, 0.1) is 17.2 Å². The van der Waals surface area contributed by atoms with Crippen LogP contribution in [0.25, 0.3) is 11.0 Å². The third-order valence-electron chi connectivity index (χ3n) is 4.80. The molecule has 1 amide bonds. The van der Waals surface area contributed by atoms with Crippen molar-refractivity contribution in [3.8, 4) is 5.88 Å². The molecule has 0 radical (unpaired) electrons. The summed E-state index contributed by atoms with van der Waals surface area (Å²) in [6.45, 7) is 5.70. The van der Waals surface area contributed by atoms with Gasteiger partial charge in [0.2, 0.25) is 11.8 Å². The lowest BCUT2D eigenvalue weighted by Crippen LogP contribution is -2.44. The molecule has 1 aromatic heterocycles. The van der Waals surface area contributed by atoms with Gasteiger partial charge in [0, 0.05) is 31.8 Å². The van der Waals surface area contributed by atoms with E-state index >= 15 is 0 Å². The smallest absolute Gasteiger partial charge is 0.233 e. The molecule has 2 heterocycles. The van der Waals surface area contributed by atoms with Crippen molar-refractivity contribution in [1.29, 1.82) is 0 Å². The van der Waals surface area contributed by atoms with Crippen LogP contribution in [0.5, 0.6) is 5.88 Å². The molecule has 1 aliphatic heterocycles. The highest BCUT2D eigenvalue weighted by Gasteiger charge is 2.27. The van der Waals surface area contributed by atoms with Crippen LogP contribution >= 0.6 is 0 Å². The summed E-state index contributed by atoms with van der Waals surface area (Å²) >= 11 is 0. The minimum atomic E-state index is 0.103. The van der Waals surface area contributed by atoms with E-state index in [0.29, 0.717) is 11.8 Å². The van der Waals surface area contributed by atoms with Gasteiger partial charge in [-0.2, -0.15) is 0 Å². The van der Waals surface area contributed by atoms with E-state index in [-0.39, 0.29) is 12.0 Å². The zero-order valence-electron chi connectivity index (χ0n) is 14.4. The van der Waals surface area contributed by atoms with Gasteiger partial charge in [-0.1, -0.05) is 26.0 Å². The summed E-state index contributed by atoms with van der Waals surface area (Å²) in [4.78, 5) is 23.3. The Morgan fingerprint density at radius 2 is 1.88 bits per heavy atom. The molecule has 1 aliphatic rings. The molecule has 1 saturated heterocycles. The maximum atomic E-state index is 12.4. The fourth-order valence-corrected chi connectivity index (χ4v) is 3.26. The summed E-state index contributed by atoms with van der Waals surface area (Å²) in [5.41, 5.74) is 1.71. The van der Waals surface area contributed by atoms with E-state index in [1.807, 2.05) is 29.2 Å². The fourth-order valence-electron chi connectivity index (χ4n) is 3.26. The summed E-state index contributed by atoms with van der Waals surface area (Å²) in [6, 6.07) is 7.77.